The molecule has 7 rings (SSSR count). The molecule has 6 aliphatic rings. The van der Waals surface area contributed by atoms with E-state index in [1.54, 1.807) is 6.92 Å². The number of carbonyl (C=O) groups is 1. The average Bonchev–Trinajstić information content (AvgIpc) is 2.98. The molecule has 5 heteroatoms. The zero-order valence-electron chi connectivity index (χ0n) is 15.8. The van der Waals surface area contributed by atoms with Gasteiger partial charge in [-0.25, -0.2) is 0 Å². The first kappa shape index (κ1) is 16.3. The topological polar surface area (TPSA) is 70.0 Å². The third-order valence-electron chi connectivity index (χ3n) is 8.26. The van der Waals surface area contributed by atoms with Crippen molar-refractivity contribution in [3.8, 4) is 5.75 Å². The molecule has 4 aliphatic carbocycles. The number of carbonyl (C=O) groups excluding carboxylic acids is 1. The van der Waals surface area contributed by atoms with Crippen molar-refractivity contribution in [3.05, 3.63) is 40.0 Å². The van der Waals surface area contributed by atoms with Crippen LogP contribution in [0.5, 0.6) is 5.75 Å². The first-order chi connectivity index (χ1) is 13.0. The van der Waals surface area contributed by atoms with Gasteiger partial charge in [0.25, 0.3) is 0 Å². The maximum Gasteiger partial charge on any atom is 0.137 e. The van der Waals surface area contributed by atoms with E-state index in [-0.39, 0.29) is 36.4 Å². The first-order valence-electron chi connectivity index (χ1n) is 9.97. The normalized spacial score (nSPS) is 40.4. The van der Waals surface area contributed by atoms with Crippen LogP contribution >= 0.6 is 0 Å². The largest absolute Gasteiger partial charge is 0.488 e. The number of ketones is 1. The number of nitrogens with zero attached hydrogens (tertiary/aromatic N) is 1. The Bertz CT molecular complexity index is 936. The molecule has 0 amide bonds. The minimum atomic E-state index is -0.522. The summed E-state index contributed by atoms with van der Waals surface area (Å²) in [4.78, 5) is 15.0. The Kier molecular flexibility index (Phi) is 2.91. The molecule has 0 aromatic heterocycles. The van der Waals surface area contributed by atoms with Crippen molar-refractivity contribution in [3.63, 3.8) is 0 Å². The van der Waals surface area contributed by atoms with Gasteiger partial charge in [0.05, 0.1) is 24.5 Å². The standard InChI is InChI=1S/C22H25NO4/c1-11(26)16-14-8-21(16,10-25)20-22-5-6-23(2)15(18(14)22)7-12-3-4-13(9-24)19(27-20)17(12)22/h3-4,15-16,20,24-25H,5-10H2,1-2H3/t15?,16-,20?,21+,22?/m0/s1. The van der Waals surface area contributed by atoms with Gasteiger partial charge in [0, 0.05) is 22.6 Å². The molecular formula is C22H25NO4. The van der Waals surface area contributed by atoms with E-state index < -0.39 is 5.41 Å². The minimum Gasteiger partial charge on any atom is -0.488 e. The van der Waals surface area contributed by atoms with Crippen molar-refractivity contribution in [2.24, 2.45) is 11.3 Å². The molecule has 1 saturated heterocycles. The Hall–Kier alpha value is -1.69. The molecule has 27 heavy (non-hydrogen) atoms. The quantitative estimate of drug-likeness (QED) is 0.789. The van der Waals surface area contributed by atoms with E-state index in [1.807, 2.05) is 6.07 Å². The van der Waals surface area contributed by atoms with Crippen LogP contribution in [0.25, 0.3) is 0 Å². The van der Waals surface area contributed by atoms with Crippen LogP contribution in [0.3, 0.4) is 0 Å². The number of hydrogen-bond acceptors (Lipinski definition) is 5. The molecule has 1 aromatic rings. The minimum absolute atomic E-state index is 0.0290. The smallest absolute Gasteiger partial charge is 0.137 e. The molecule has 2 heterocycles. The number of Topliss-reactive ketones (excluding diaryl/α,β-unsaturated/α-hetero) is 1. The maximum atomic E-state index is 12.6. The molecule has 4 bridgehead atoms. The Balaban J connectivity index is 1.71. The second kappa shape index (κ2) is 4.83. The lowest BCUT2D eigenvalue weighted by molar-refractivity contribution is -0.148. The lowest BCUT2D eigenvalue weighted by Crippen LogP contribution is -2.72. The number of piperidine rings is 1. The lowest BCUT2D eigenvalue weighted by atomic mass is 9.38. The second-order valence-corrected chi connectivity index (χ2v) is 9.22. The van der Waals surface area contributed by atoms with Crippen LogP contribution in [-0.2, 0) is 23.2 Å². The molecule has 2 aliphatic heterocycles. The Labute approximate surface area is 158 Å². The van der Waals surface area contributed by atoms with Gasteiger partial charge in [-0.3, -0.25) is 9.69 Å². The maximum absolute atomic E-state index is 12.6. The van der Waals surface area contributed by atoms with E-state index in [0.29, 0.717) is 6.04 Å². The highest BCUT2D eigenvalue weighted by Crippen LogP contribution is 2.73. The highest BCUT2D eigenvalue weighted by molar-refractivity contribution is 5.87. The average molecular weight is 367 g/mol. The van der Waals surface area contributed by atoms with Gasteiger partial charge in [0.1, 0.15) is 17.6 Å². The molecular weight excluding hydrogens is 342 g/mol. The predicted molar refractivity (Wildman–Crippen MR) is 98.5 cm³/mol. The lowest BCUT2D eigenvalue weighted by Gasteiger charge is -2.67. The number of likely N-dealkylation sites (N-methyl/N-ethyl adjacent to an activating group) is 1. The third kappa shape index (κ3) is 1.52. The molecule has 0 radical (unpaired) electrons. The number of rotatable bonds is 3. The summed E-state index contributed by atoms with van der Waals surface area (Å²) in [7, 11) is 2.18. The summed E-state index contributed by atoms with van der Waals surface area (Å²) < 4.78 is 6.64. The monoisotopic (exact) mass is 367 g/mol. The number of allylic oxidation sites excluding steroid dienone is 1. The van der Waals surface area contributed by atoms with Gasteiger partial charge < -0.3 is 14.9 Å². The van der Waals surface area contributed by atoms with Crippen molar-refractivity contribution >= 4 is 5.78 Å². The molecule has 2 fully saturated rings. The Morgan fingerprint density at radius 1 is 1.37 bits per heavy atom. The zero-order valence-corrected chi connectivity index (χ0v) is 15.8. The molecule has 3 unspecified atom stereocenters. The number of hydrogen-bond donors (Lipinski definition) is 2. The molecule has 5 atom stereocenters. The molecule has 1 spiro atoms. The van der Waals surface area contributed by atoms with Gasteiger partial charge in [0.15, 0.2) is 0 Å². The van der Waals surface area contributed by atoms with E-state index in [4.69, 9.17) is 4.74 Å². The fraction of sp³-hybridized carbons (Fsp3) is 0.591. The molecule has 1 aromatic carbocycles. The van der Waals surface area contributed by atoms with Crippen molar-refractivity contribution in [2.45, 2.75) is 50.4 Å². The summed E-state index contributed by atoms with van der Waals surface area (Å²) in [5.41, 5.74) is 5.29. The van der Waals surface area contributed by atoms with Crippen LogP contribution in [0.2, 0.25) is 0 Å². The summed E-state index contributed by atoms with van der Waals surface area (Å²) in [5, 5.41) is 20.4. The van der Waals surface area contributed by atoms with Crippen molar-refractivity contribution < 1.29 is 19.7 Å². The molecule has 1 saturated carbocycles. The Morgan fingerprint density at radius 3 is 2.89 bits per heavy atom. The van der Waals surface area contributed by atoms with E-state index in [0.717, 1.165) is 37.1 Å². The van der Waals surface area contributed by atoms with Crippen LogP contribution in [0.15, 0.2) is 23.3 Å². The van der Waals surface area contributed by atoms with Crippen molar-refractivity contribution in [2.75, 3.05) is 20.2 Å². The van der Waals surface area contributed by atoms with E-state index in [9.17, 15) is 15.0 Å². The van der Waals surface area contributed by atoms with Crippen molar-refractivity contribution in [1.29, 1.82) is 0 Å². The first-order valence-corrected chi connectivity index (χ1v) is 9.97. The highest BCUT2D eigenvalue weighted by atomic mass is 16.5. The third-order valence-corrected chi connectivity index (χ3v) is 8.26. The number of ether oxygens (including phenoxy) is 1. The van der Waals surface area contributed by atoms with E-state index in [1.165, 1.54) is 22.3 Å². The molecule has 2 N–H and O–H groups in total. The van der Waals surface area contributed by atoms with Crippen LogP contribution in [0.4, 0.5) is 0 Å². The SMILES string of the molecule is CC(=O)[C@H]1C2=C3C4Cc5ccc(CO)c6c5C3(CCN4C)C(O6)[C@@]1(CO)C2. The molecule has 142 valence electrons. The highest BCUT2D eigenvalue weighted by Gasteiger charge is 2.75. The fourth-order valence-corrected chi connectivity index (χ4v) is 7.35. The summed E-state index contributed by atoms with van der Waals surface area (Å²) >= 11 is 0. The fourth-order valence-electron chi connectivity index (χ4n) is 7.35. The number of aliphatic hydroxyl groups excluding tert-OH is 2. The van der Waals surface area contributed by atoms with Gasteiger partial charge in [-0.05, 0) is 50.9 Å². The van der Waals surface area contributed by atoms with Crippen LogP contribution in [-0.4, -0.2) is 53.2 Å². The summed E-state index contributed by atoms with van der Waals surface area (Å²) in [6, 6.07) is 4.44. The number of aliphatic hydroxyl groups is 2. The van der Waals surface area contributed by atoms with Gasteiger partial charge in [0.2, 0.25) is 0 Å². The zero-order chi connectivity index (χ0) is 18.7. The summed E-state index contributed by atoms with van der Waals surface area (Å²) in [6.07, 6.45) is 2.43. The number of benzene rings is 1. The van der Waals surface area contributed by atoms with Gasteiger partial charge in [-0.1, -0.05) is 17.7 Å². The van der Waals surface area contributed by atoms with Crippen molar-refractivity contribution in [1.82, 2.24) is 4.90 Å². The van der Waals surface area contributed by atoms with E-state index >= 15 is 0 Å². The Morgan fingerprint density at radius 2 is 2.19 bits per heavy atom. The van der Waals surface area contributed by atoms with Crippen LogP contribution < -0.4 is 4.74 Å². The van der Waals surface area contributed by atoms with E-state index in [2.05, 4.69) is 18.0 Å². The van der Waals surface area contributed by atoms with Crippen LogP contribution in [0.1, 0.15) is 36.5 Å². The van der Waals surface area contributed by atoms with Gasteiger partial charge in [-0.2, -0.15) is 0 Å². The molecule has 5 nitrogen and oxygen atoms in total. The second-order valence-electron chi connectivity index (χ2n) is 9.22. The number of likely N-dealkylation sites (tertiary alicyclic amines) is 1. The summed E-state index contributed by atoms with van der Waals surface area (Å²) in [5.74, 6) is 0.739. The summed E-state index contributed by atoms with van der Waals surface area (Å²) in [6.45, 7) is 2.55. The van der Waals surface area contributed by atoms with Crippen LogP contribution in [0, 0.1) is 11.3 Å². The predicted octanol–water partition coefficient (Wildman–Crippen LogP) is 1.34. The van der Waals surface area contributed by atoms with Gasteiger partial charge in [-0.15, -0.1) is 0 Å². The van der Waals surface area contributed by atoms with Gasteiger partial charge >= 0.3 is 0 Å².